The summed E-state index contributed by atoms with van der Waals surface area (Å²) in [6, 6.07) is 11.8. The first-order chi connectivity index (χ1) is 11.8. The van der Waals surface area contributed by atoms with Crippen molar-refractivity contribution < 1.29 is 18.7 Å². The van der Waals surface area contributed by atoms with Gasteiger partial charge in [-0.15, -0.1) is 0 Å². The third-order valence-electron chi connectivity index (χ3n) is 4.12. The molecule has 0 radical (unpaired) electrons. The zero-order valence-corrected chi connectivity index (χ0v) is 14.9. The van der Waals surface area contributed by atoms with Gasteiger partial charge in [0.15, 0.2) is 5.78 Å². The summed E-state index contributed by atoms with van der Waals surface area (Å²) < 4.78 is 18.6. The summed E-state index contributed by atoms with van der Waals surface area (Å²) in [5.41, 5.74) is 1.60. The number of anilines is 1. The van der Waals surface area contributed by atoms with E-state index in [9.17, 15) is 14.0 Å². The lowest BCUT2D eigenvalue weighted by atomic mass is 9.85. The quantitative estimate of drug-likeness (QED) is 0.627. The number of hydrogen-bond acceptors (Lipinski definition) is 4. The Morgan fingerprint density at radius 1 is 1.08 bits per heavy atom. The third kappa shape index (κ3) is 4.24. The highest BCUT2D eigenvalue weighted by Crippen LogP contribution is 2.27. The number of methoxy groups -OCH3 is 1. The summed E-state index contributed by atoms with van der Waals surface area (Å²) in [7, 11) is 2.97. The van der Waals surface area contributed by atoms with Crippen LogP contribution in [-0.4, -0.2) is 25.9 Å². The first-order valence-electron chi connectivity index (χ1n) is 7.98. The Labute approximate surface area is 147 Å². The number of rotatable bonds is 6. The van der Waals surface area contributed by atoms with Crippen LogP contribution in [0.5, 0.6) is 0 Å². The minimum atomic E-state index is -0.878. The van der Waals surface area contributed by atoms with E-state index in [2.05, 4.69) is 5.32 Å². The van der Waals surface area contributed by atoms with Gasteiger partial charge in [0.05, 0.1) is 18.2 Å². The van der Waals surface area contributed by atoms with E-state index in [1.807, 2.05) is 6.07 Å². The number of carbonyl (C=O) groups is 2. The van der Waals surface area contributed by atoms with Crippen molar-refractivity contribution in [2.45, 2.75) is 20.3 Å². The summed E-state index contributed by atoms with van der Waals surface area (Å²) in [6.07, 6.45) is 0.0600. The Morgan fingerprint density at radius 3 is 2.20 bits per heavy atom. The Morgan fingerprint density at radius 2 is 1.68 bits per heavy atom. The number of hydrogen-bond donors (Lipinski definition) is 1. The molecule has 0 aromatic heterocycles. The van der Waals surface area contributed by atoms with Crippen molar-refractivity contribution >= 4 is 17.4 Å². The van der Waals surface area contributed by atoms with Gasteiger partial charge in [0.2, 0.25) is 0 Å². The molecule has 0 atom stereocenters. The molecular weight excluding hydrogens is 321 g/mol. The predicted octanol–water partition coefficient (Wildman–Crippen LogP) is 4.31. The molecule has 1 N–H and O–H groups in total. The second-order valence-corrected chi connectivity index (χ2v) is 6.50. The molecular formula is C20H22FNO3. The van der Waals surface area contributed by atoms with Crippen LogP contribution in [0.4, 0.5) is 10.1 Å². The fourth-order valence-electron chi connectivity index (χ4n) is 2.60. The highest BCUT2D eigenvalue weighted by atomic mass is 19.1. The van der Waals surface area contributed by atoms with Crippen molar-refractivity contribution in [1.29, 1.82) is 0 Å². The van der Waals surface area contributed by atoms with Crippen LogP contribution in [0.25, 0.3) is 11.1 Å². The number of carbonyl (C=O) groups excluding carboxylic acids is 2. The molecule has 0 aliphatic heterocycles. The molecule has 0 unspecified atom stereocenters. The molecule has 0 saturated carbocycles. The van der Waals surface area contributed by atoms with Crippen LogP contribution in [0.2, 0.25) is 0 Å². The van der Waals surface area contributed by atoms with Gasteiger partial charge in [-0.1, -0.05) is 30.3 Å². The SMILES string of the molecule is CNc1ccc(-c2ccc(C(=O)CC(C)(C)C(=O)OC)cc2)cc1F. The summed E-state index contributed by atoms with van der Waals surface area (Å²) in [5, 5.41) is 2.78. The van der Waals surface area contributed by atoms with Crippen LogP contribution in [0, 0.1) is 11.2 Å². The van der Waals surface area contributed by atoms with Crippen LogP contribution >= 0.6 is 0 Å². The van der Waals surface area contributed by atoms with Crippen molar-refractivity contribution in [1.82, 2.24) is 0 Å². The topological polar surface area (TPSA) is 55.4 Å². The fourth-order valence-corrected chi connectivity index (χ4v) is 2.60. The molecule has 0 amide bonds. The van der Waals surface area contributed by atoms with Crippen molar-refractivity contribution in [3.63, 3.8) is 0 Å². The van der Waals surface area contributed by atoms with Crippen molar-refractivity contribution in [2.24, 2.45) is 5.41 Å². The second kappa shape index (κ2) is 7.47. The molecule has 2 aromatic carbocycles. The van der Waals surface area contributed by atoms with E-state index in [4.69, 9.17) is 4.74 Å². The number of halogens is 1. The highest BCUT2D eigenvalue weighted by molar-refractivity contribution is 5.99. The number of Topliss-reactive ketones (excluding diaryl/α,β-unsaturated/α-hetero) is 1. The monoisotopic (exact) mass is 343 g/mol. The minimum absolute atomic E-state index is 0.0600. The molecule has 0 aliphatic carbocycles. The second-order valence-electron chi connectivity index (χ2n) is 6.50. The molecule has 2 aromatic rings. The Kier molecular flexibility index (Phi) is 5.57. The predicted molar refractivity (Wildman–Crippen MR) is 96.1 cm³/mol. The van der Waals surface area contributed by atoms with Gasteiger partial charge >= 0.3 is 5.97 Å². The molecule has 0 saturated heterocycles. The molecule has 2 rings (SSSR count). The number of ether oxygens (including phenoxy) is 1. The van der Waals surface area contributed by atoms with E-state index < -0.39 is 11.4 Å². The van der Waals surface area contributed by atoms with E-state index >= 15 is 0 Å². The summed E-state index contributed by atoms with van der Waals surface area (Å²) >= 11 is 0. The molecule has 0 aliphatic rings. The number of benzene rings is 2. The van der Waals surface area contributed by atoms with E-state index in [0.717, 1.165) is 11.1 Å². The van der Waals surface area contributed by atoms with Crippen LogP contribution in [0.15, 0.2) is 42.5 Å². The molecule has 0 spiro atoms. The molecule has 0 heterocycles. The van der Waals surface area contributed by atoms with Crippen LogP contribution < -0.4 is 5.32 Å². The summed E-state index contributed by atoms with van der Waals surface area (Å²) in [4.78, 5) is 24.1. The third-order valence-corrected chi connectivity index (χ3v) is 4.12. The van der Waals surface area contributed by atoms with Crippen molar-refractivity contribution in [3.05, 3.63) is 53.8 Å². The number of nitrogens with one attached hydrogen (secondary N) is 1. The lowest BCUT2D eigenvalue weighted by Crippen LogP contribution is -2.28. The normalized spacial score (nSPS) is 11.1. The van der Waals surface area contributed by atoms with Crippen molar-refractivity contribution in [2.75, 3.05) is 19.5 Å². The van der Waals surface area contributed by atoms with Gasteiger partial charge in [0.1, 0.15) is 5.82 Å². The van der Waals surface area contributed by atoms with E-state index in [-0.39, 0.29) is 18.0 Å². The van der Waals surface area contributed by atoms with E-state index in [1.165, 1.54) is 13.2 Å². The maximum absolute atomic E-state index is 13.9. The molecule has 0 fully saturated rings. The van der Waals surface area contributed by atoms with Gasteiger partial charge in [-0.05, 0) is 37.1 Å². The van der Waals surface area contributed by atoms with Gasteiger partial charge in [0, 0.05) is 19.0 Å². The maximum Gasteiger partial charge on any atom is 0.311 e. The largest absolute Gasteiger partial charge is 0.469 e. The number of esters is 1. The van der Waals surface area contributed by atoms with Gasteiger partial charge in [-0.25, -0.2) is 4.39 Å². The van der Waals surface area contributed by atoms with Crippen LogP contribution in [0.1, 0.15) is 30.6 Å². The molecule has 5 heteroatoms. The lowest BCUT2D eigenvalue weighted by molar-refractivity contribution is -0.150. The van der Waals surface area contributed by atoms with Gasteiger partial charge < -0.3 is 10.1 Å². The number of ketones is 1. The Hall–Kier alpha value is -2.69. The highest BCUT2D eigenvalue weighted by Gasteiger charge is 2.31. The lowest BCUT2D eigenvalue weighted by Gasteiger charge is -2.20. The van der Waals surface area contributed by atoms with Crippen LogP contribution in [-0.2, 0) is 9.53 Å². The summed E-state index contributed by atoms with van der Waals surface area (Å²) in [6.45, 7) is 3.36. The zero-order chi connectivity index (χ0) is 18.6. The average Bonchev–Trinajstić information content (AvgIpc) is 2.60. The van der Waals surface area contributed by atoms with Gasteiger partial charge in [-0.3, -0.25) is 9.59 Å². The molecule has 132 valence electrons. The van der Waals surface area contributed by atoms with E-state index in [0.29, 0.717) is 11.3 Å². The first kappa shape index (κ1) is 18.6. The Balaban J connectivity index is 2.18. The average molecular weight is 343 g/mol. The van der Waals surface area contributed by atoms with E-state index in [1.54, 1.807) is 51.2 Å². The van der Waals surface area contributed by atoms with Crippen LogP contribution in [0.3, 0.4) is 0 Å². The molecule has 25 heavy (non-hydrogen) atoms. The first-order valence-corrected chi connectivity index (χ1v) is 7.98. The Bertz CT molecular complexity index is 782. The summed E-state index contributed by atoms with van der Waals surface area (Å²) in [5.74, 6) is -0.892. The maximum atomic E-state index is 13.9. The molecule has 4 nitrogen and oxygen atoms in total. The minimum Gasteiger partial charge on any atom is -0.469 e. The van der Waals surface area contributed by atoms with Gasteiger partial charge in [-0.2, -0.15) is 0 Å². The standard InChI is InChI=1S/C20H22FNO3/c1-20(2,19(24)25-4)12-18(23)14-7-5-13(6-8-14)15-9-10-17(22-3)16(21)11-15/h5-11,22H,12H2,1-4H3. The van der Waals surface area contributed by atoms with Crippen molar-refractivity contribution in [3.8, 4) is 11.1 Å². The van der Waals surface area contributed by atoms with Gasteiger partial charge in [0.25, 0.3) is 0 Å². The smallest absolute Gasteiger partial charge is 0.311 e. The molecule has 0 bridgehead atoms. The zero-order valence-electron chi connectivity index (χ0n) is 14.9. The fraction of sp³-hybridized carbons (Fsp3) is 0.300.